The lowest BCUT2D eigenvalue weighted by atomic mass is 10.1. The van der Waals surface area contributed by atoms with Crippen LogP contribution in [0.1, 0.15) is 50.7 Å². The number of ether oxygens (including phenoxy) is 1. The van der Waals surface area contributed by atoms with Crippen molar-refractivity contribution in [2.45, 2.75) is 63.4 Å². The monoisotopic (exact) mass is 563 g/mol. The smallest absolute Gasteiger partial charge is 0.243 e. The van der Waals surface area contributed by atoms with E-state index < -0.39 is 16.1 Å². The number of benzene rings is 2. The van der Waals surface area contributed by atoms with Gasteiger partial charge in [0, 0.05) is 50.8 Å². The molecular formula is C28H38ClN3O5S. The van der Waals surface area contributed by atoms with E-state index in [2.05, 4.69) is 5.32 Å². The molecule has 2 aromatic carbocycles. The summed E-state index contributed by atoms with van der Waals surface area (Å²) in [6, 6.07) is 13.3. The van der Waals surface area contributed by atoms with Crippen LogP contribution in [0.25, 0.3) is 0 Å². The number of sulfonamides is 1. The summed E-state index contributed by atoms with van der Waals surface area (Å²) in [4.78, 5) is 28.0. The first kappa shape index (κ1) is 30.1. The van der Waals surface area contributed by atoms with E-state index in [9.17, 15) is 18.0 Å². The number of amides is 2. The number of carbonyl (C=O) groups excluding carboxylic acids is 2. The molecule has 1 N–H and O–H groups in total. The molecule has 0 radical (unpaired) electrons. The van der Waals surface area contributed by atoms with Crippen molar-refractivity contribution in [3.63, 3.8) is 0 Å². The van der Waals surface area contributed by atoms with Gasteiger partial charge in [-0.15, -0.1) is 0 Å². The molecule has 1 heterocycles. The van der Waals surface area contributed by atoms with Crippen LogP contribution in [-0.2, 0) is 37.3 Å². The lowest BCUT2D eigenvalue weighted by Crippen LogP contribution is -2.48. The van der Waals surface area contributed by atoms with Gasteiger partial charge in [-0.2, -0.15) is 4.31 Å². The highest BCUT2D eigenvalue weighted by molar-refractivity contribution is 7.89. The summed E-state index contributed by atoms with van der Waals surface area (Å²) < 4.78 is 32.4. The second-order valence-electron chi connectivity index (χ2n) is 9.42. The average molecular weight is 564 g/mol. The van der Waals surface area contributed by atoms with E-state index in [1.165, 1.54) is 4.31 Å². The van der Waals surface area contributed by atoms with Crippen LogP contribution < -0.4 is 5.32 Å². The fraction of sp³-hybridized carbons (Fsp3) is 0.500. The first-order chi connectivity index (χ1) is 18.2. The maximum atomic E-state index is 13.3. The molecule has 0 aromatic heterocycles. The number of hydrogen-bond acceptors (Lipinski definition) is 5. The first-order valence-corrected chi connectivity index (χ1v) is 15.0. The second kappa shape index (κ2) is 14.6. The van der Waals surface area contributed by atoms with Crippen LogP contribution in [0.5, 0.6) is 0 Å². The summed E-state index contributed by atoms with van der Waals surface area (Å²) in [5.74, 6) is -0.383. The Morgan fingerprint density at radius 2 is 1.68 bits per heavy atom. The highest BCUT2D eigenvalue weighted by Gasteiger charge is 2.28. The van der Waals surface area contributed by atoms with Crippen LogP contribution in [-0.4, -0.2) is 68.3 Å². The van der Waals surface area contributed by atoms with E-state index in [4.69, 9.17) is 16.3 Å². The standard InChI is InChI=1S/C28H38ClN3O5S/c1-3-37-20-6-17-30-28(34)22(2)32(21-24-7-12-25(29)13-8-24)27(33)16-11-23-9-14-26(15-10-23)38(35,36)31-18-4-5-19-31/h7-10,12-15,22H,3-6,11,16-21H2,1-2H3,(H,30,34)/t22-/m0/s1. The van der Waals surface area contributed by atoms with Crippen molar-refractivity contribution in [2.75, 3.05) is 32.8 Å². The van der Waals surface area contributed by atoms with E-state index in [1.54, 1.807) is 48.2 Å². The average Bonchev–Trinajstić information content (AvgIpc) is 3.47. The first-order valence-electron chi connectivity index (χ1n) is 13.2. The third-order valence-electron chi connectivity index (χ3n) is 6.66. The van der Waals surface area contributed by atoms with E-state index in [0.717, 1.165) is 24.0 Å². The maximum Gasteiger partial charge on any atom is 0.243 e. The molecule has 2 amide bonds. The topological polar surface area (TPSA) is 96.0 Å². The Kier molecular flexibility index (Phi) is 11.6. The molecule has 0 aliphatic carbocycles. The van der Waals surface area contributed by atoms with Gasteiger partial charge in [0.1, 0.15) is 6.04 Å². The van der Waals surface area contributed by atoms with Gasteiger partial charge in [0.15, 0.2) is 0 Å². The summed E-state index contributed by atoms with van der Waals surface area (Å²) in [6.45, 7) is 6.70. The molecule has 1 aliphatic heterocycles. The molecular weight excluding hydrogens is 526 g/mol. The van der Waals surface area contributed by atoms with Gasteiger partial charge >= 0.3 is 0 Å². The third-order valence-corrected chi connectivity index (χ3v) is 8.82. The minimum atomic E-state index is -3.48. The fourth-order valence-electron chi connectivity index (χ4n) is 4.35. The number of hydrogen-bond donors (Lipinski definition) is 1. The van der Waals surface area contributed by atoms with Crippen molar-refractivity contribution in [1.82, 2.24) is 14.5 Å². The molecule has 1 atom stereocenters. The molecule has 2 aromatic rings. The quantitative estimate of drug-likeness (QED) is 0.350. The number of nitrogens with one attached hydrogen (secondary N) is 1. The van der Waals surface area contributed by atoms with Gasteiger partial charge in [-0.25, -0.2) is 8.42 Å². The van der Waals surface area contributed by atoms with Crippen LogP contribution in [0, 0.1) is 0 Å². The van der Waals surface area contributed by atoms with Crippen molar-refractivity contribution in [2.24, 2.45) is 0 Å². The number of carbonyl (C=O) groups is 2. The Morgan fingerprint density at radius 3 is 2.32 bits per heavy atom. The number of halogens is 1. The van der Waals surface area contributed by atoms with E-state index >= 15 is 0 Å². The lowest BCUT2D eigenvalue weighted by Gasteiger charge is -2.29. The molecule has 10 heteroatoms. The molecule has 1 saturated heterocycles. The number of rotatable bonds is 14. The Bertz CT molecular complexity index is 1150. The van der Waals surface area contributed by atoms with Gasteiger partial charge in [0.25, 0.3) is 0 Å². The summed E-state index contributed by atoms with van der Waals surface area (Å²) in [7, 11) is -3.48. The van der Waals surface area contributed by atoms with Crippen molar-refractivity contribution >= 4 is 33.4 Å². The van der Waals surface area contributed by atoms with Crippen LogP contribution in [0.2, 0.25) is 5.02 Å². The van der Waals surface area contributed by atoms with Crippen LogP contribution in [0.4, 0.5) is 0 Å². The normalized spacial score (nSPS) is 14.8. The van der Waals surface area contributed by atoms with Crippen LogP contribution in [0.3, 0.4) is 0 Å². The third kappa shape index (κ3) is 8.53. The van der Waals surface area contributed by atoms with E-state index in [-0.39, 0.29) is 29.7 Å². The van der Waals surface area contributed by atoms with Gasteiger partial charge in [-0.05, 0) is 74.9 Å². The molecule has 208 valence electrons. The number of aryl methyl sites for hydroxylation is 1. The molecule has 0 unspecified atom stereocenters. The Balaban J connectivity index is 1.64. The van der Waals surface area contributed by atoms with Gasteiger partial charge in [0.05, 0.1) is 4.90 Å². The summed E-state index contributed by atoms with van der Waals surface area (Å²) >= 11 is 6.02. The molecule has 38 heavy (non-hydrogen) atoms. The predicted molar refractivity (Wildman–Crippen MR) is 148 cm³/mol. The van der Waals surface area contributed by atoms with Gasteiger partial charge in [-0.3, -0.25) is 9.59 Å². The molecule has 0 saturated carbocycles. The Labute approximate surface area is 231 Å². The maximum absolute atomic E-state index is 13.3. The van der Waals surface area contributed by atoms with Crippen LogP contribution >= 0.6 is 11.6 Å². The summed E-state index contributed by atoms with van der Waals surface area (Å²) in [6.07, 6.45) is 3.09. The van der Waals surface area contributed by atoms with E-state index in [1.807, 2.05) is 19.1 Å². The lowest BCUT2D eigenvalue weighted by molar-refractivity contribution is -0.140. The molecule has 3 rings (SSSR count). The summed E-state index contributed by atoms with van der Waals surface area (Å²) in [5.41, 5.74) is 1.73. The fourth-order valence-corrected chi connectivity index (χ4v) is 5.99. The Hall–Kier alpha value is -2.46. The second-order valence-corrected chi connectivity index (χ2v) is 11.8. The minimum absolute atomic E-state index is 0.161. The molecule has 1 fully saturated rings. The molecule has 1 aliphatic rings. The number of nitrogens with zero attached hydrogens (tertiary/aromatic N) is 2. The van der Waals surface area contributed by atoms with Gasteiger partial charge in [-0.1, -0.05) is 35.9 Å². The SMILES string of the molecule is CCOCCCNC(=O)[C@H](C)N(Cc1ccc(Cl)cc1)C(=O)CCc1ccc(S(=O)(=O)N2CCCC2)cc1. The molecule has 0 bridgehead atoms. The zero-order chi connectivity index (χ0) is 27.5. The van der Waals surface area contributed by atoms with Crippen molar-refractivity contribution in [1.29, 1.82) is 0 Å². The van der Waals surface area contributed by atoms with Crippen molar-refractivity contribution < 1.29 is 22.7 Å². The van der Waals surface area contributed by atoms with Crippen molar-refractivity contribution in [3.05, 3.63) is 64.7 Å². The minimum Gasteiger partial charge on any atom is -0.382 e. The zero-order valence-electron chi connectivity index (χ0n) is 22.2. The predicted octanol–water partition coefficient (Wildman–Crippen LogP) is 4.02. The van der Waals surface area contributed by atoms with Gasteiger partial charge < -0.3 is 15.0 Å². The summed E-state index contributed by atoms with van der Waals surface area (Å²) in [5, 5.41) is 3.49. The zero-order valence-corrected chi connectivity index (χ0v) is 23.8. The van der Waals surface area contributed by atoms with Gasteiger partial charge in [0.2, 0.25) is 21.8 Å². The van der Waals surface area contributed by atoms with E-state index in [0.29, 0.717) is 50.7 Å². The van der Waals surface area contributed by atoms with Crippen LogP contribution in [0.15, 0.2) is 53.4 Å². The highest BCUT2D eigenvalue weighted by atomic mass is 35.5. The molecule has 0 spiro atoms. The Morgan fingerprint density at radius 1 is 1.05 bits per heavy atom. The largest absolute Gasteiger partial charge is 0.382 e. The molecule has 8 nitrogen and oxygen atoms in total. The van der Waals surface area contributed by atoms with Crippen molar-refractivity contribution in [3.8, 4) is 0 Å². The highest BCUT2D eigenvalue weighted by Crippen LogP contribution is 2.22.